The van der Waals surface area contributed by atoms with Crippen molar-refractivity contribution in [2.45, 2.75) is 25.3 Å². The molecular weight excluding hydrogens is 280 g/mol. The Morgan fingerprint density at radius 3 is 2.76 bits per heavy atom. The summed E-state index contributed by atoms with van der Waals surface area (Å²) in [6, 6.07) is 2.41. The number of hydrogen-bond acceptors (Lipinski definition) is 4. The maximum Gasteiger partial charge on any atom is 0.348 e. The molecule has 6 nitrogen and oxygen atoms in total. The summed E-state index contributed by atoms with van der Waals surface area (Å²) < 4.78 is 27.8. The van der Waals surface area contributed by atoms with Crippen molar-refractivity contribution in [2.24, 2.45) is 11.5 Å². The fourth-order valence-corrected chi connectivity index (χ4v) is 2.09. The quantitative estimate of drug-likeness (QED) is 0.691. The van der Waals surface area contributed by atoms with Crippen LogP contribution in [-0.2, 0) is 0 Å². The van der Waals surface area contributed by atoms with Crippen molar-refractivity contribution in [3.05, 3.63) is 46.1 Å². The number of nitrogens with zero attached hydrogens (tertiary/aromatic N) is 2. The number of aromatic nitrogens is 3. The number of nitrogens with two attached hydrogens (primary N) is 2. The molecule has 0 aliphatic heterocycles. The summed E-state index contributed by atoms with van der Waals surface area (Å²) in [5.74, 6) is -1.36. The van der Waals surface area contributed by atoms with Crippen LogP contribution in [0, 0.1) is 11.6 Å². The summed E-state index contributed by atoms with van der Waals surface area (Å²) in [5, 5.41) is 6.08. The third-order valence-corrected chi connectivity index (χ3v) is 3.15. The van der Waals surface area contributed by atoms with Gasteiger partial charge >= 0.3 is 5.69 Å². The zero-order chi connectivity index (χ0) is 15.4. The van der Waals surface area contributed by atoms with E-state index in [-0.39, 0.29) is 11.5 Å². The Bertz CT molecular complexity index is 667. The topological polar surface area (TPSA) is 103 Å². The highest BCUT2D eigenvalue weighted by Gasteiger charge is 2.19. The van der Waals surface area contributed by atoms with E-state index in [1.807, 2.05) is 0 Å². The van der Waals surface area contributed by atoms with Crippen molar-refractivity contribution in [1.82, 2.24) is 14.8 Å². The van der Waals surface area contributed by atoms with E-state index < -0.39 is 23.4 Å². The Morgan fingerprint density at radius 1 is 1.33 bits per heavy atom. The van der Waals surface area contributed by atoms with Gasteiger partial charge in [0, 0.05) is 6.07 Å². The Hall–Kier alpha value is -2.06. The van der Waals surface area contributed by atoms with Crippen LogP contribution in [0.25, 0.3) is 5.69 Å². The molecule has 114 valence electrons. The van der Waals surface area contributed by atoms with Crippen molar-refractivity contribution < 1.29 is 8.78 Å². The van der Waals surface area contributed by atoms with Gasteiger partial charge in [-0.25, -0.2) is 23.2 Å². The molecule has 1 aromatic carbocycles. The van der Waals surface area contributed by atoms with Gasteiger partial charge in [-0.2, -0.15) is 5.10 Å². The second-order valence-corrected chi connectivity index (χ2v) is 4.71. The van der Waals surface area contributed by atoms with Gasteiger partial charge in [-0.15, -0.1) is 0 Å². The molecule has 0 aliphatic rings. The van der Waals surface area contributed by atoms with Gasteiger partial charge in [0.05, 0.1) is 11.7 Å². The Balaban J connectivity index is 2.36. The molecule has 0 saturated carbocycles. The Morgan fingerprint density at radius 2 is 2.10 bits per heavy atom. The molecule has 1 unspecified atom stereocenters. The number of H-pyrrole nitrogens is 1. The number of nitrogens with one attached hydrogen (secondary N) is 1. The van der Waals surface area contributed by atoms with Gasteiger partial charge in [-0.3, -0.25) is 0 Å². The first-order valence-electron chi connectivity index (χ1n) is 6.63. The number of hydrogen-bond donors (Lipinski definition) is 3. The predicted octanol–water partition coefficient (Wildman–Crippen LogP) is 0.968. The molecule has 1 heterocycles. The van der Waals surface area contributed by atoms with Crippen LogP contribution in [0.4, 0.5) is 8.78 Å². The first-order valence-corrected chi connectivity index (χ1v) is 6.63. The van der Waals surface area contributed by atoms with Crippen molar-refractivity contribution >= 4 is 0 Å². The van der Waals surface area contributed by atoms with Crippen LogP contribution in [0.3, 0.4) is 0 Å². The molecule has 5 N–H and O–H groups in total. The third kappa shape index (κ3) is 3.34. The second kappa shape index (κ2) is 6.59. The summed E-state index contributed by atoms with van der Waals surface area (Å²) in [6.07, 6.45) is 2.13. The van der Waals surface area contributed by atoms with Crippen LogP contribution in [0.5, 0.6) is 0 Å². The molecule has 1 aromatic heterocycles. The molecule has 0 fully saturated rings. The molecular formula is C13H17F2N5O. The lowest BCUT2D eigenvalue weighted by Crippen LogP contribution is -2.23. The molecule has 0 radical (unpaired) electrons. The molecule has 0 bridgehead atoms. The lowest BCUT2D eigenvalue weighted by atomic mass is 10.1. The molecule has 0 spiro atoms. The standard InChI is InChI=1S/C13H17F2N5O/c14-8-4-5-11(9(15)7-8)20-12(18-19-13(20)21)10(17)3-1-2-6-16/h4-5,7,10H,1-3,6,16-17H2,(H,19,21). The largest absolute Gasteiger partial charge is 0.348 e. The van der Waals surface area contributed by atoms with E-state index in [1.165, 1.54) is 6.07 Å². The van der Waals surface area contributed by atoms with Crippen molar-refractivity contribution in [1.29, 1.82) is 0 Å². The average Bonchev–Trinajstić information content (AvgIpc) is 2.81. The highest BCUT2D eigenvalue weighted by atomic mass is 19.1. The van der Waals surface area contributed by atoms with Gasteiger partial charge in [0.15, 0.2) is 5.82 Å². The van der Waals surface area contributed by atoms with E-state index in [0.29, 0.717) is 19.0 Å². The van der Waals surface area contributed by atoms with E-state index in [2.05, 4.69) is 10.2 Å². The smallest absolute Gasteiger partial charge is 0.330 e. The summed E-state index contributed by atoms with van der Waals surface area (Å²) >= 11 is 0. The Labute approximate surface area is 119 Å². The lowest BCUT2D eigenvalue weighted by Gasteiger charge is -2.12. The van der Waals surface area contributed by atoms with Gasteiger partial charge in [0.1, 0.15) is 11.6 Å². The minimum absolute atomic E-state index is 0.0839. The van der Waals surface area contributed by atoms with Crippen LogP contribution in [0.2, 0.25) is 0 Å². The van der Waals surface area contributed by atoms with E-state index in [9.17, 15) is 13.6 Å². The van der Waals surface area contributed by atoms with E-state index >= 15 is 0 Å². The maximum absolute atomic E-state index is 13.8. The highest BCUT2D eigenvalue weighted by Crippen LogP contribution is 2.19. The molecule has 21 heavy (non-hydrogen) atoms. The summed E-state index contributed by atoms with van der Waals surface area (Å²) in [4.78, 5) is 11.8. The van der Waals surface area contributed by atoms with Gasteiger partial charge in [0.25, 0.3) is 0 Å². The highest BCUT2D eigenvalue weighted by molar-refractivity contribution is 5.35. The van der Waals surface area contributed by atoms with Crippen LogP contribution in [-0.4, -0.2) is 21.3 Å². The molecule has 0 amide bonds. The minimum Gasteiger partial charge on any atom is -0.330 e. The predicted molar refractivity (Wildman–Crippen MR) is 73.9 cm³/mol. The van der Waals surface area contributed by atoms with Crippen molar-refractivity contribution in [3.8, 4) is 5.69 Å². The zero-order valence-electron chi connectivity index (χ0n) is 11.4. The van der Waals surface area contributed by atoms with Crippen LogP contribution >= 0.6 is 0 Å². The second-order valence-electron chi connectivity index (χ2n) is 4.71. The SMILES string of the molecule is NCCCCC(N)c1n[nH]c(=O)n1-c1ccc(F)cc1F. The fraction of sp³-hybridized carbons (Fsp3) is 0.385. The number of benzene rings is 1. The third-order valence-electron chi connectivity index (χ3n) is 3.15. The molecule has 1 atom stereocenters. The van der Waals surface area contributed by atoms with Gasteiger partial charge in [-0.1, -0.05) is 6.42 Å². The maximum atomic E-state index is 13.8. The summed E-state index contributed by atoms with van der Waals surface area (Å²) in [6.45, 7) is 0.548. The molecule has 0 aliphatic carbocycles. The summed E-state index contributed by atoms with van der Waals surface area (Å²) in [7, 11) is 0. The van der Waals surface area contributed by atoms with Crippen LogP contribution in [0.15, 0.2) is 23.0 Å². The average molecular weight is 297 g/mol. The number of unbranched alkanes of at least 4 members (excludes halogenated alkanes) is 1. The lowest BCUT2D eigenvalue weighted by molar-refractivity contribution is 0.545. The van der Waals surface area contributed by atoms with E-state index in [0.717, 1.165) is 23.5 Å². The number of rotatable bonds is 6. The number of halogens is 2. The van der Waals surface area contributed by atoms with Crippen LogP contribution < -0.4 is 17.2 Å². The molecule has 2 aromatic rings. The molecule has 0 saturated heterocycles. The normalized spacial score (nSPS) is 12.6. The van der Waals surface area contributed by atoms with Crippen molar-refractivity contribution in [3.63, 3.8) is 0 Å². The van der Waals surface area contributed by atoms with E-state index in [1.54, 1.807) is 0 Å². The first-order chi connectivity index (χ1) is 10.0. The van der Waals surface area contributed by atoms with Crippen molar-refractivity contribution in [2.75, 3.05) is 6.54 Å². The van der Waals surface area contributed by atoms with Gasteiger partial charge in [-0.05, 0) is 31.5 Å². The fourth-order valence-electron chi connectivity index (χ4n) is 2.09. The van der Waals surface area contributed by atoms with Gasteiger partial charge < -0.3 is 11.5 Å². The molecule has 8 heteroatoms. The Kier molecular flexibility index (Phi) is 4.81. The zero-order valence-corrected chi connectivity index (χ0v) is 11.4. The summed E-state index contributed by atoms with van der Waals surface area (Å²) in [5.41, 5.74) is 10.7. The van der Waals surface area contributed by atoms with Crippen LogP contribution in [0.1, 0.15) is 31.1 Å². The van der Waals surface area contributed by atoms with E-state index in [4.69, 9.17) is 11.5 Å². The minimum atomic E-state index is -0.853. The number of aromatic amines is 1. The van der Waals surface area contributed by atoms with Gasteiger partial charge in [0.2, 0.25) is 0 Å². The monoisotopic (exact) mass is 297 g/mol. The first kappa shape index (κ1) is 15.3. The molecule has 2 rings (SSSR count).